The maximum Gasteiger partial charge on any atom is 0.418 e. The molecule has 9 nitrogen and oxygen atoms in total. The molecular formula is C41H35F15O9S2. The summed E-state index contributed by atoms with van der Waals surface area (Å²) in [4.78, 5) is 23.5. The van der Waals surface area contributed by atoms with Crippen LogP contribution in [-0.4, -0.2) is 49.3 Å². The predicted molar refractivity (Wildman–Crippen MR) is 204 cm³/mol. The van der Waals surface area contributed by atoms with Crippen molar-refractivity contribution in [1.82, 2.24) is 0 Å². The molecule has 0 radical (unpaired) electrons. The number of benzene rings is 4. The summed E-state index contributed by atoms with van der Waals surface area (Å²) in [6.45, 7) is 10.3. The lowest BCUT2D eigenvalue weighted by Gasteiger charge is -2.31. The van der Waals surface area contributed by atoms with Crippen LogP contribution in [0.25, 0.3) is 0 Å². The molecule has 0 aromatic heterocycles. The smallest absolute Gasteiger partial charge is 0.418 e. The SMILES string of the molecule is CC(C)(C)OC(=O)COc1cc(OCC(=O)OC(C)(C)C)cc([S+](c2ccccc2)c2ccccc2)c1.O=S(=O)([O-])c1c(C(F)(F)F)c(C(F)(F)F)c(C(F)(F)F)c(C(F)(F)F)c1C(F)(F)F. The van der Waals surface area contributed by atoms with E-state index in [1.54, 1.807) is 47.6 Å². The molecule has 67 heavy (non-hydrogen) atoms. The average molecular weight is 1020 g/mol. The molecule has 0 saturated heterocycles. The first kappa shape index (κ1) is 56.0. The summed E-state index contributed by atoms with van der Waals surface area (Å²) >= 11 is 0. The molecule has 0 saturated carbocycles. The zero-order valence-electron chi connectivity index (χ0n) is 35.1. The van der Waals surface area contributed by atoms with Crippen LogP contribution in [0.4, 0.5) is 65.9 Å². The standard InChI is InChI=1S/C30H35O6S.C11HF15O3S/c1-29(2,3)35-27(31)20-33-22-17-23(34-21-28(32)36-30(4,5)6)19-26(18-22)37(24-13-9-7-10-14-24)25-15-11-8-12-16-25;12-7(13,14)1-2(8(15,16)17)4(10(21,22)23)6(30(27,28)29)5(11(24,25)26)3(1)9(18,19)20/h7-19H,20-21H2,1-6H3;(H,27,28,29)/q+1;/p-1. The second kappa shape index (κ2) is 20.1. The van der Waals surface area contributed by atoms with E-state index in [9.17, 15) is 88.4 Å². The second-order valence-electron chi connectivity index (χ2n) is 15.5. The molecule has 0 aliphatic heterocycles. The van der Waals surface area contributed by atoms with E-state index in [1.165, 1.54) is 0 Å². The first-order valence-corrected chi connectivity index (χ1v) is 21.0. The lowest BCUT2D eigenvalue weighted by Crippen LogP contribution is -2.34. The Kier molecular flexibility index (Phi) is 16.8. The highest BCUT2D eigenvalue weighted by molar-refractivity contribution is 7.97. The summed E-state index contributed by atoms with van der Waals surface area (Å²) in [5.41, 5.74) is -23.4. The van der Waals surface area contributed by atoms with Gasteiger partial charge < -0.3 is 23.5 Å². The summed E-state index contributed by atoms with van der Waals surface area (Å²) in [5, 5.41) is 0. The van der Waals surface area contributed by atoms with Gasteiger partial charge in [0.2, 0.25) is 0 Å². The van der Waals surface area contributed by atoms with Crippen molar-refractivity contribution in [3.63, 3.8) is 0 Å². The summed E-state index contributed by atoms with van der Waals surface area (Å²) in [6, 6.07) is 25.7. The van der Waals surface area contributed by atoms with Crippen LogP contribution < -0.4 is 9.47 Å². The molecule has 0 atom stereocenters. The number of alkyl halides is 15. The van der Waals surface area contributed by atoms with E-state index in [1.807, 2.05) is 48.5 Å². The number of hydrogen-bond acceptors (Lipinski definition) is 9. The Hall–Kier alpha value is -5.37. The molecule has 4 aromatic carbocycles. The van der Waals surface area contributed by atoms with Crippen LogP contribution in [0.2, 0.25) is 0 Å². The zero-order chi connectivity index (χ0) is 51.5. The lowest BCUT2D eigenvalue weighted by atomic mass is 9.89. The van der Waals surface area contributed by atoms with Gasteiger partial charge in [0.1, 0.15) is 32.8 Å². The van der Waals surface area contributed by atoms with Gasteiger partial charge in [-0.3, -0.25) is 0 Å². The van der Waals surface area contributed by atoms with Crippen LogP contribution in [0, 0.1) is 0 Å². The molecule has 0 spiro atoms. The van der Waals surface area contributed by atoms with E-state index >= 15 is 0 Å². The summed E-state index contributed by atoms with van der Waals surface area (Å²) in [7, 11) is -8.00. The van der Waals surface area contributed by atoms with Gasteiger partial charge in [0, 0.05) is 18.2 Å². The molecule has 4 aromatic rings. The monoisotopic (exact) mass is 1020 g/mol. The first-order chi connectivity index (χ1) is 30.1. The highest BCUT2D eigenvalue weighted by atomic mass is 32.2. The summed E-state index contributed by atoms with van der Waals surface area (Å²) in [6.07, 6.45) is -35.6. The largest absolute Gasteiger partial charge is 0.744 e. The molecular weight excluding hydrogens is 986 g/mol. The molecule has 26 heteroatoms. The maximum atomic E-state index is 13.0. The van der Waals surface area contributed by atoms with Crippen molar-refractivity contribution in [3.8, 4) is 11.5 Å². The van der Waals surface area contributed by atoms with Crippen LogP contribution in [0.5, 0.6) is 11.5 Å². The van der Waals surface area contributed by atoms with Gasteiger partial charge in [0.25, 0.3) is 0 Å². The quantitative estimate of drug-likeness (QED) is 0.0660. The van der Waals surface area contributed by atoms with E-state index in [4.69, 9.17) is 18.9 Å². The normalized spacial score (nSPS) is 13.1. The minimum atomic E-state index is -7.52. The first-order valence-electron chi connectivity index (χ1n) is 18.4. The Labute approximate surface area is 374 Å². The van der Waals surface area contributed by atoms with E-state index < -0.39 is 108 Å². The zero-order valence-corrected chi connectivity index (χ0v) is 36.7. The molecule has 370 valence electrons. The Morgan fingerprint density at radius 2 is 0.761 bits per heavy atom. The number of halogens is 15. The number of carbonyl (C=O) groups excluding carboxylic acids is 2. The van der Waals surface area contributed by atoms with Gasteiger partial charge >= 0.3 is 42.8 Å². The number of carbonyl (C=O) groups is 2. The van der Waals surface area contributed by atoms with Crippen molar-refractivity contribution >= 4 is 33.0 Å². The molecule has 0 aliphatic carbocycles. The fourth-order valence-electron chi connectivity index (χ4n) is 5.75. The van der Waals surface area contributed by atoms with Crippen molar-refractivity contribution in [2.75, 3.05) is 13.2 Å². The summed E-state index contributed by atoms with van der Waals surface area (Å²) < 4.78 is 250. The van der Waals surface area contributed by atoms with Gasteiger partial charge in [0.15, 0.2) is 27.9 Å². The number of hydrogen-bond donors (Lipinski definition) is 0. The fraction of sp³-hybridized carbons (Fsp3) is 0.366. The van der Waals surface area contributed by atoms with Gasteiger partial charge in [-0.1, -0.05) is 36.4 Å². The van der Waals surface area contributed by atoms with E-state index in [2.05, 4.69) is 24.3 Å². The number of esters is 2. The molecule has 0 heterocycles. The lowest BCUT2D eigenvalue weighted by molar-refractivity contribution is -0.191. The minimum absolute atomic E-state index is 0.253. The van der Waals surface area contributed by atoms with Gasteiger partial charge in [-0.15, -0.1) is 0 Å². The molecule has 4 rings (SSSR count). The van der Waals surface area contributed by atoms with E-state index in [0.29, 0.717) is 11.5 Å². The van der Waals surface area contributed by atoms with Crippen LogP contribution in [0.3, 0.4) is 0 Å². The molecule has 0 N–H and O–H groups in total. The Balaban J connectivity index is 0.000000364. The van der Waals surface area contributed by atoms with Gasteiger partial charge in [-0.05, 0) is 65.8 Å². The fourth-order valence-corrected chi connectivity index (χ4v) is 8.83. The molecule has 0 bridgehead atoms. The highest BCUT2D eigenvalue weighted by Crippen LogP contribution is 2.57. The van der Waals surface area contributed by atoms with Crippen LogP contribution in [0.15, 0.2) is 98.4 Å². The molecule has 0 unspecified atom stereocenters. The highest BCUT2D eigenvalue weighted by Gasteiger charge is 2.61. The van der Waals surface area contributed by atoms with E-state index in [-0.39, 0.29) is 13.2 Å². The maximum absolute atomic E-state index is 13.0. The topological polar surface area (TPSA) is 128 Å². The second-order valence-corrected chi connectivity index (χ2v) is 18.8. The third kappa shape index (κ3) is 15.9. The van der Waals surface area contributed by atoms with Gasteiger partial charge in [0.05, 0.1) is 43.6 Å². The minimum Gasteiger partial charge on any atom is -0.744 e. The van der Waals surface area contributed by atoms with Crippen molar-refractivity contribution in [1.29, 1.82) is 0 Å². The molecule has 0 fully saturated rings. The summed E-state index contributed by atoms with van der Waals surface area (Å²) in [5.74, 6) is -0.0719. The van der Waals surface area contributed by atoms with Crippen molar-refractivity contribution in [2.45, 2.75) is 103 Å². The van der Waals surface area contributed by atoms with Crippen LogP contribution >= 0.6 is 0 Å². The molecule has 0 amide bonds. The Morgan fingerprint density at radius 1 is 0.478 bits per heavy atom. The van der Waals surface area contributed by atoms with Crippen molar-refractivity contribution in [2.24, 2.45) is 0 Å². The predicted octanol–water partition coefficient (Wildman–Crippen LogP) is 11.9. The van der Waals surface area contributed by atoms with Gasteiger partial charge in [-0.25, -0.2) is 18.0 Å². The third-order valence-electron chi connectivity index (χ3n) is 7.72. The van der Waals surface area contributed by atoms with E-state index in [0.717, 1.165) is 14.7 Å². The Morgan fingerprint density at radius 3 is 1.01 bits per heavy atom. The van der Waals surface area contributed by atoms with Gasteiger partial charge in [-0.2, -0.15) is 65.9 Å². The van der Waals surface area contributed by atoms with Crippen molar-refractivity contribution in [3.05, 3.63) is 107 Å². The average Bonchev–Trinajstić information content (AvgIpc) is 3.13. The van der Waals surface area contributed by atoms with Crippen LogP contribution in [-0.2, 0) is 71.0 Å². The number of rotatable bonds is 10. The van der Waals surface area contributed by atoms with Crippen LogP contribution in [0.1, 0.15) is 69.4 Å². The number of ether oxygens (including phenoxy) is 4. The van der Waals surface area contributed by atoms with Crippen molar-refractivity contribution < 1.29 is 107 Å². The Bertz CT molecular complexity index is 2350. The third-order valence-corrected chi connectivity index (χ3v) is 10.8. The molecule has 0 aliphatic rings.